The predicted molar refractivity (Wildman–Crippen MR) is 69.1 cm³/mol. The molecule has 0 spiro atoms. The summed E-state index contributed by atoms with van der Waals surface area (Å²) in [4.78, 5) is 16.5. The SMILES string of the molecule is CN(C)CCOCCNc1ccnc(C(=O)O)c1. The van der Waals surface area contributed by atoms with Crippen molar-refractivity contribution in [3.05, 3.63) is 24.0 Å². The maximum Gasteiger partial charge on any atom is 0.354 e. The predicted octanol–water partition coefficient (Wildman–Crippen LogP) is 0.770. The summed E-state index contributed by atoms with van der Waals surface area (Å²) in [5.74, 6) is -1.03. The molecule has 0 aliphatic carbocycles. The normalized spacial score (nSPS) is 10.6. The molecule has 1 heterocycles. The molecular formula is C12H19N3O3. The monoisotopic (exact) mass is 253 g/mol. The van der Waals surface area contributed by atoms with Gasteiger partial charge in [0.1, 0.15) is 5.69 Å². The van der Waals surface area contributed by atoms with Gasteiger partial charge in [0.15, 0.2) is 0 Å². The van der Waals surface area contributed by atoms with Gasteiger partial charge in [-0.3, -0.25) is 0 Å². The molecule has 0 radical (unpaired) electrons. The van der Waals surface area contributed by atoms with Crippen molar-refractivity contribution in [1.29, 1.82) is 0 Å². The summed E-state index contributed by atoms with van der Waals surface area (Å²) >= 11 is 0. The summed E-state index contributed by atoms with van der Waals surface area (Å²) in [6, 6.07) is 3.23. The smallest absolute Gasteiger partial charge is 0.354 e. The molecule has 0 unspecified atom stereocenters. The molecule has 0 bridgehead atoms. The van der Waals surface area contributed by atoms with Gasteiger partial charge >= 0.3 is 5.97 Å². The summed E-state index contributed by atoms with van der Waals surface area (Å²) in [5, 5.41) is 11.9. The fourth-order valence-corrected chi connectivity index (χ4v) is 1.27. The zero-order valence-corrected chi connectivity index (χ0v) is 10.7. The highest BCUT2D eigenvalue weighted by molar-refractivity contribution is 5.86. The Bertz CT molecular complexity index is 383. The summed E-state index contributed by atoms with van der Waals surface area (Å²) in [6.07, 6.45) is 1.47. The van der Waals surface area contributed by atoms with E-state index in [2.05, 4.69) is 15.2 Å². The van der Waals surface area contributed by atoms with Crippen LogP contribution in [0.5, 0.6) is 0 Å². The second kappa shape index (κ2) is 7.62. The van der Waals surface area contributed by atoms with E-state index in [9.17, 15) is 4.79 Å². The Morgan fingerprint density at radius 3 is 2.94 bits per heavy atom. The van der Waals surface area contributed by atoms with Crippen molar-refractivity contribution in [3.63, 3.8) is 0 Å². The van der Waals surface area contributed by atoms with E-state index in [1.165, 1.54) is 12.3 Å². The number of pyridine rings is 1. The Morgan fingerprint density at radius 2 is 2.28 bits per heavy atom. The highest BCUT2D eigenvalue weighted by Crippen LogP contribution is 2.07. The molecule has 1 aromatic heterocycles. The molecule has 0 amide bonds. The van der Waals surface area contributed by atoms with Crippen molar-refractivity contribution in [3.8, 4) is 0 Å². The maximum absolute atomic E-state index is 10.7. The van der Waals surface area contributed by atoms with Crippen LogP contribution in [0.1, 0.15) is 10.5 Å². The van der Waals surface area contributed by atoms with Gasteiger partial charge in [-0.05, 0) is 26.2 Å². The molecule has 0 aliphatic heterocycles. The fourth-order valence-electron chi connectivity index (χ4n) is 1.27. The second-order valence-corrected chi connectivity index (χ2v) is 4.08. The van der Waals surface area contributed by atoms with E-state index in [0.29, 0.717) is 19.8 Å². The highest BCUT2D eigenvalue weighted by atomic mass is 16.5. The number of carboxylic acid groups (broad SMARTS) is 1. The van der Waals surface area contributed by atoms with Crippen LogP contribution in [0.4, 0.5) is 5.69 Å². The number of nitrogens with one attached hydrogen (secondary N) is 1. The van der Waals surface area contributed by atoms with Gasteiger partial charge in [-0.2, -0.15) is 0 Å². The van der Waals surface area contributed by atoms with Crippen LogP contribution in [0.25, 0.3) is 0 Å². The van der Waals surface area contributed by atoms with E-state index in [1.807, 2.05) is 14.1 Å². The minimum Gasteiger partial charge on any atom is -0.477 e. The number of nitrogens with zero attached hydrogens (tertiary/aromatic N) is 2. The van der Waals surface area contributed by atoms with Gasteiger partial charge in [0.25, 0.3) is 0 Å². The minimum absolute atomic E-state index is 0.0357. The molecule has 18 heavy (non-hydrogen) atoms. The largest absolute Gasteiger partial charge is 0.477 e. The summed E-state index contributed by atoms with van der Waals surface area (Å²) in [6.45, 7) is 2.79. The van der Waals surface area contributed by atoms with E-state index in [1.54, 1.807) is 6.07 Å². The molecule has 0 fully saturated rings. The third-order valence-corrected chi connectivity index (χ3v) is 2.24. The zero-order chi connectivity index (χ0) is 13.4. The Kier molecular flexibility index (Phi) is 6.10. The lowest BCUT2D eigenvalue weighted by molar-refractivity contribution is 0.0690. The van der Waals surface area contributed by atoms with E-state index in [0.717, 1.165) is 12.2 Å². The molecule has 100 valence electrons. The number of hydrogen-bond acceptors (Lipinski definition) is 5. The second-order valence-electron chi connectivity index (χ2n) is 4.08. The standard InChI is InChI=1S/C12H19N3O3/c1-15(2)6-8-18-7-5-13-10-3-4-14-11(9-10)12(16)17/h3-4,9H,5-8H2,1-2H3,(H,13,14)(H,16,17). The van der Waals surface area contributed by atoms with E-state index >= 15 is 0 Å². The van der Waals surface area contributed by atoms with E-state index in [-0.39, 0.29) is 5.69 Å². The first-order valence-electron chi connectivity index (χ1n) is 5.75. The van der Waals surface area contributed by atoms with Crippen LogP contribution in [0.15, 0.2) is 18.3 Å². The van der Waals surface area contributed by atoms with Crippen LogP contribution >= 0.6 is 0 Å². The van der Waals surface area contributed by atoms with Crippen molar-refractivity contribution in [2.24, 2.45) is 0 Å². The van der Waals surface area contributed by atoms with Crippen LogP contribution in [0.2, 0.25) is 0 Å². The van der Waals surface area contributed by atoms with Crippen molar-refractivity contribution >= 4 is 11.7 Å². The van der Waals surface area contributed by atoms with Crippen LogP contribution < -0.4 is 5.32 Å². The number of likely N-dealkylation sites (N-methyl/N-ethyl adjacent to an activating group) is 1. The molecule has 2 N–H and O–H groups in total. The van der Waals surface area contributed by atoms with E-state index in [4.69, 9.17) is 9.84 Å². The lowest BCUT2D eigenvalue weighted by atomic mass is 10.3. The van der Waals surface area contributed by atoms with Crippen molar-refractivity contribution < 1.29 is 14.6 Å². The van der Waals surface area contributed by atoms with Gasteiger partial charge in [-0.15, -0.1) is 0 Å². The third-order valence-electron chi connectivity index (χ3n) is 2.24. The molecule has 0 saturated heterocycles. The number of hydrogen-bond donors (Lipinski definition) is 2. The number of aromatic nitrogens is 1. The number of carbonyl (C=O) groups is 1. The number of aromatic carboxylic acids is 1. The van der Waals surface area contributed by atoms with Gasteiger partial charge in [0.2, 0.25) is 0 Å². The van der Waals surface area contributed by atoms with Crippen LogP contribution in [-0.4, -0.2) is 61.4 Å². The zero-order valence-electron chi connectivity index (χ0n) is 10.7. The summed E-state index contributed by atoms with van der Waals surface area (Å²) in [5.41, 5.74) is 0.770. The Balaban J connectivity index is 2.23. The van der Waals surface area contributed by atoms with Gasteiger partial charge in [-0.1, -0.05) is 0 Å². The van der Waals surface area contributed by atoms with Crippen molar-refractivity contribution in [1.82, 2.24) is 9.88 Å². The molecule has 0 aromatic carbocycles. The number of ether oxygens (including phenoxy) is 1. The van der Waals surface area contributed by atoms with Gasteiger partial charge in [0, 0.05) is 25.0 Å². The first-order chi connectivity index (χ1) is 8.59. The number of rotatable bonds is 8. The molecule has 0 saturated carbocycles. The van der Waals surface area contributed by atoms with Crippen molar-refractivity contribution in [2.45, 2.75) is 0 Å². The molecule has 0 atom stereocenters. The van der Waals surface area contributed by atoms with Gasteiger partial charge in [-0.25, -0.2) is 9.78 Å². The highest BCUT2D eigenvalue weighted by Gasteiger charge is 2.04. The molecule has 0 aliphatic rings. The molecule has 6 heteroatoms. The molecule has 1 rings (SSSR count). The van der Waals surface area contributed by atoms with E-state index < -0.39 is 5.97 Å². The third kappa shape index (κ3) is 5.60. The topological polar surface area (TPSA) is 74.7 Å². The van der Waals surface area contributed by atoms with Gasteiger partial charge in [0.05, 0.1) is 13.2 Å². The molecular weight excluding hydrogens is 234 g/mol. The maximum atomic E-state index is 10.7. The van der Waals surface area contributed by atoms with Crippen LogP contribution in [0.3, 0.4) is 0 Å². The Hall–Kier alpha value is -1.66. The lowest BCUT2D eigenvalue weighted by Crippen LogP contribution is -2.20. The average Bonchev–Trinajstić information content (AvgIpc) is 2.33. The Labute approximate surface area is 107 Å². The quantitative estimate of drug-likeness (QED) is 0.667. The van der Waals surface area contributed by atoms with Crippen molar-refractivity contribution in [2.75, 3.05) is 45.7 Å². The van der Waals surface area contributed by atoms with Crippen LogP contribution in [-0.2, 0) is 4.74 Å². The lowest BCUT2D eigenvalue weighted by Gasteiger charge is -2.10. The first-order valence-corrected chi connectivity index (χ1v) is 5.75. The van der Waals surface area contributed by atoms with Crippen LogP contribution in [0, 0.1) is 0 Å². The fraction of sp³-hybridized carbons (Fsp3) is 0.500. The first kappa shape index (κ1) is 14.4. The minimum atomic E-state index is -1.03. The average molecular weight is 253 g/mol. The number of carboxylic acids is 1. The molecule has 1 aromatic rings. The number of anilines is 1. The summed E-state index contributed by atoms with van der Waals surface area (Å²) < 4.78 is 5.41. The van der Waals surface area contributed by atoms with Gasteiger partial charge < -0.3 is 20.1 Å². The molecule has 6 nitrogen and oxygen atoms in total. The Morgan fingerprint density at radius 1 is 1.50 bits per heavy atom. The summed E-state index contributed by atoms with van der Waals surface area (Å²) in [7, 11) is 3.98.